The number of rotatable bonds is 5. The van der Waals surface area contributed by atoms with Crippen molar-refractivity contribution in [3.05, 3.63) is 0 Å². The highest BCUT2D eigenvalue weighted by Crippen LogP contribution is 2.27. The molecule has 0 aromatic heterocycles. The minimum Gasteiger partial charge on any atom is -0.307 e. The van der Waals surface area contributed by atoms with E-state index in [9.17, 15) is 0 Å². The topological polar surface area (TPSA) is 3.24 Å². The van der Waals surface area contributed by atoms with Crippen molar-refractivity contribution in [3.8, 4) is 0 Å². The zero-order valence-electron chi connectivity index (χ0n) is 9.65. The summed E-state index contributed by atoms with van der Waals surface area (Å²) >= 11 is 0. The van der Waals surface area contributed by atoms with Crippen molar-refractivity contribution in [1.82, 2.24) is 4.90 Å². The molecule has 74 valence electrons. The van der Waals surface area contributed by atoms with Crippen LogP contribution in [0, 0.1) is 5.41 Å². The lowest BCUT2D eigenvalue weighted by molar-refractivity contribution is 0.238. The molecule has 1 heteroatoms. The minimum absolute atomic E-state index is 0.532. The van der Waals surface area contributed by atoms with Crippen LogP contribution in [0.3, 0.4) is 0 Å². The Morgan fingerprint density at radius 2 is 1.75 bits per heavy atom. The number of hydrogen-bond acceptors (Lipinski definition) is 1. The lowest BCUT2D eigenvalue weighted by atomic mass is 9.84. The van der Waals surface area contributed by atoms with E-state index in [1.54, 1.807) is 0 Å². The molecule has 0 spiro atoms. The first-order valence-electron chi connectivity index (χ1n) is 5.05. The van der Waals surface area contributed by atoms with Crippen LogP contribution in [0.4, 0.5) is 0 Å². The first-order chi connectivity index (χ1) is 5.39. The summed E-state index contributed by atoms with van der Waals surface area (Å²) in [7, 11) is 4.31. The SMILES string of the molecule is CCC(C)(C)CCC(C)N(C)C. The molecule has 0 aromatic carbocycles. The van der Waals surface area contributed by atoms with Crippen molar-refractivity contribution >= 4 is 0 Å². The van der Waals surface area contributed by atoms with Crippen molar-refractivity contribution in [3.63, 3.8) is 0 Å². The van der Waals surface area contributed by atoms with Gasteiger partial charge in [-0.25, -0.2) is 0 Å². The molecule has 1 atom stereocenters. The van der Waals surface area contributed by atoms with Gasteiger partial charge >= 0.3 is 0 Å². The predicted octanol–water partition coefficient (Wildman–Crippen LogP) is 3.15. The zero-order chi connectivity index (χ0) is 9.78. The van der Waals surface area contributed by atoms with Gasteiger partial charge < -0.3 is 4.90 Å². The van der Waals surface area contributed by atoms with E-state index in [2.05, 4.69) is 46.7 Å². The highest BCUT2D eigenvalue weighted by molar-refractivity contribution is 4.70. The maximum absolute atomic E-state index is 2.36. The van der Waals surface area contributed by atoms with Crippen molar-refractivity contribution < 1.29 is 0 Å². The molecular formula is C11H25N. The largest absolute Gasteiger partial charge is 0.307 e. The van der Waals surface area contributed by atoms with Gasteiger partial charge in [-0.3, -0.25) is 0 Å². The van der Waals surface area contributed by atoms with E-state index in [4.69, 9.17) is 0 Å². The first-order valence-corrected chi connectivity index (χ1v) is 5.05. The van der Waals surface area contributed by atoms with Gasteiger partial charge in [-0.15, -0.1) is 0 Å². The third kappa shape index (κ3) is 4.76. The third-order valence-electron chi connectivity index (χ3n) is 3.08. The summed E-state index contributed by atoms with van der Waals surface area (Å²) in [6.07, 6.45) is 3.93. The Bertz CT molecular complexity index is 116. The molecular weight excluding hydrogens is 146 g/mol. The second-order valence-corrected chi connectivity index (χ2v) is 4.87. The lowest BCUT2D eigenvalue weighted by Crippen LogP contribution is -2.26. The minimum atomic E-state index is 0.532. The normalized spacial score (nSPS) is 15.2. The summed E-state index contributed by atoms with van der Waals surface area (Å²) in [6.45, 7) is 9.29. The summed E-state index contributed by atoms with van der Waals surface area (Å²) in [5.41, 5.74) is 0.532. The molecule has 0 rings (SSSR count). The highest BCUT2D eigenvalue weighted by Gasteiger charge is 2.16. The van der Waals surface area contributed by atoms with Gasteiger partial charge in [0, 0.05) is 6.04 Å². The fourth-order valence-electron chi connectivity index (χ4n) is 1.03. The summed E-state index contributed by atoms with van der Waals surface area (Å²) in [6, 6.07) is 0.718. The predicted molar refractivity (Wildman–Crippen MR) is 56.5 cm³/mol. The Hall–Kier alpha value is -0.0400. The zero-order valence-corrected chi connectivity index (χ0v) is 9.65. The number of nitrogens with zero attached hydrogens (tertiary/aromatic N) is 1. The van der Waals surface area contributed by atoms with Crippen molar-refractivity contribution in [2.75, 3.05) is 14.1 Å². The van der Waals surface area contributed by atoms with Gasteiger partial charge in [0.05, 0.1) is 0 Å². The highest BCUT2D eigenvalue weighted by atomic mass is 15.1. The fraction of sp³-hybridized carbons (Fsp3) is 1.00. The molecule has 0 saturated carbocycles. The van der Waals surface area contributed by atoms with Crippen molar-refractivity contribution in [1.29, 1.82) is 0 Å². The van der Waals surface area contributed by atoms with Crippen LogP contribution in [-0.4, -0.2) is 25.0 Å². The van der Waals surface area contributed by atoms with Crippen LogP contribution >= 0.6 is 0 Å². The Morgan fingerprint density at radius 1 is 1.25 bits per heavy atom. The molecule has 0 radical (unpaired) electrons. The van der Waals surface area contributed by atoms with E-state index in [1.807, 2.05) is 0 Å². The Morgan fingerprint density at radius 3 is 2.08 bits per heavy atom. The maximum Gasteiger partial charge on any atom is 0.00610 e. The van der Waals surface area contributed by atoms with Crippen LogP contribution in [0.25, 0.3) is 0 Å². The number of hydrogen-bond donors (Lipinski definition) is 0. The second-order valence-electron chi connectivity index (χ2n) is 4.87. The molecule has 0 aromatic rings. The fourth-order valence-corrected chi connectivity index (χ4v) is 1.03. The maximum atomic E-state index is 2.36. The van der Waals surface area contributed by atoms with Gasteiger partial charge in [-0.1, -0.05) is 27.2 Å². The second kappa shape index (κ2) is 4.86. The standard InChI is InChI=1S/C11H25N/c1-7-11(3,4)9-8-10(2)12(5)6/h10H,7-9H2,1-6H3. The van der Waals surface area contributed by atoms with Gasteiger partial charge in [0.25, 0.3) is 0 Å². The van der Waals surface area contributed by atoms with Crippen molar-refractivity contribution in [2.45, 2.75) is 53.0 Å². The molecule has 0 N–H and O–H groups in total. The smallest absolute Gasteiger partial charge is 0.00610 e. The Balaban J connectivity index is 3.67. The molecule has 0 saturated heterocycles. The van der Waals surface area contributed by atoms with Gasteiger partial charge in [-0.2, -0.15) is 0 Å². The van der Waals surface area contributed by atoms with Crippen molar-refractivity contribution in [2.24, 2.45) is 5.41 Å². The average Bonchev–Trinajstić information content (AvgIpc) is 2.00. The molecule has 1 unspecified atom stereocenters. The third-order valence-corrected chi connectivity index (χ3v) is 3.08. The Labute approximate surface area is 78.1 Å². The molecule has 0 aliphatic heterocycles. The van der Waals surface area contributed by atoms with Crippen LogP contribution in [0.2, 0.25) is 0 Å². The van der Waals surface area contributed by atoms with Gasteiger partial charge in [0.2, 0.25) is 0 Å². The van der Waals surface area contributed by atoms with Crippen LogP contribution < -0.4 is 0 Å². The molecule has 0 aliphatic rings. The quantitative estimate of drug-likeness (QED) is 0.614. The van der Waals surface area contributed by atoms with E-state index in [1.165, 1.54) is 19.3 Å². The summed E-state index contributed by atoms with van der Waals surface area (Å²) < 4.78 is 0. The summed E-state index contributed by atoms with van der Waals surface area (Å²) in [5, 5.41) is 0. The van der Waals surface area contributed by atoms with Crippen LogP contribution in [0.1, 0.15) is 47.0 Å². The first kappa shape index (κ1) is 12.0. The van der Waals surface area contributed by atoms with E-state index in [0.717, 1.165) is 6.04 Å². The summed E-state index contributed by atoms with van der Waals surface area (Å²) in [4.78, 5) is 2.30. The average molecular weight is 171 g/mol. The van der Waals surface area contributed by atoms with Crippen LogP contribution in [0.15, 0.2) is 0 Å². The Kier molecular flexibility index (Phi) is 4.84. The molecule has 0 bridgehead atoms. The molecule has 0 fully saturated rings. The molecule has 0 aliphatic carbocycles. The van der Waals surface area contributed by atoms with E-state index in [-0.39, 0.29) is 0 Å². The van der Waals surface area contributed by atoms with Gasteiger partial charge in [-0.05, 0) is 39.3 Å². The molecule has 12 heavy (non-hydrogen) atoms. The molecule has 0 amide bonds. The monoisotopic (exact) mass is 171 g/mol. The molecule has 1 nitrogen and oxygen atoms in total. The van der Waals surface area contributed by atoms with E-state index < -0.39 is 0 Å². The van der Waals surface area contributed by atoms with Gasteiger partial charge in [0.15, 0.2) is 0 Å². The lowest BCUT2D eigenvalue weighted by Gasteiger charge is -2.27. The van der Waals surface area contributed by atoms with Gasteiger partial charge in [0.1, 0.15) is 0 Å². The van der Waals surface area contributed by atoms with E-state index in [0.29, 0.717) is 5.41 Å². The van der Waals surface area contributed by atoms with Crippen LogP contribution in [0.5, 0.6) is 0 Å². The summed E-state index contributed by atoms with van der Waals surface area (Å²) in [5.74, 6) is 0. The van der Waals surface area contributed by atoms with Crippen LogP contribution in [-0.2, 0) is 0 Å². The van der Waals surface area contributed by atoms with E-state index >= 15 is 0 Å². The molecule has 0 heterocycles.